The van der Waals surface area contributed by atoms with Crippen molar-refractivity contribution in [2.45, 2.75) is 25.0 Å². The molecule has 1 heterocycles. The molecule has 7 nitrogen and oxygen atoms in total. The first-order valence-electron chi connectivity index (χ1n) is 6.33. The highest BCUT2D eigenvalue weighted by molar-refractivity contribution is 8.00. The number of thioether (sulfide) groups is 1. The first kappa shape index (κ1) is 16.6. The second kappa shape index (κ2) is 6.83. The van der Waals surface area contributed by atoms with Gasteiger partial charge in [-0.25, -0.2) is 4.79 Å². The van der Waals surface area contributed by atoms with E-state index in [0.717, 1.165) is 17.1 Å². The van der Waals surface area contributed by atoms with Gasteiger partial charge in [0.25, 0.3) is 0 Å². The molecular formula is C12H20N2O5S. The molecule has 1 aliphatic rings. The Bertz CT molecular complexity index is 383. The van der Waals surface area contributed by atoms with Gasteiger partial charge in [-0.3, -0.25) is 9.59 Å². The van der Waals surface area contributed by atoms with E-state index < -0.39 is 31.1 Å². The van der Waals surface area contributed by atoms with Crippen LogP contribution in [0.1, 0.15) is 20.3 Å². The summed E-state index contributed by atoms with van der Waals surface area (Å²) in [7, 11) is 0. The lowest BCUT2D eigenvalue weighted by molar-refractivity contribution is -0.140. The van der Waals surface area contributed by atoms with Gasteiger partial charge in [-0.2, -0.15) is 11.8 Å². The highest BCUT2D eigenvalue weighted by atomic mass is 32.2. The van der Waals surface area contributed by atoms with E-state index in [1.165, 1.54) is 4.90 Å². The zero-order chi connectivity index (χ0) is 15.3. The number of hydrogen-bond acceptors (Lipinski definition) is 4. The smallest absolute Gasteiger partial charge is 0.323 e. The molecule has 0 atom stereocenters. The monoisotopic (exact) mass is 304 g/mol. The van der Waals surface area contributed by atoms with E-state index in [0.29, 0.717) is 13.1 Å². The van der Waals surface area contributed by atoms with E-state index >= 15 is 0 Å². The van der Waals surface area contributed by atoms with Crippen LogP contribution in [-0.4, -0.2) is 74.7 Å². The molecule has 0 aromatic carbocycles. The third kappa shape index (κ3) is 5.28. The fourth-order valence-corrected chi connectivity index (χ4v) is 3.03. The number of carbonyl (C=O) groups excluding carboxylic acids is 1. The van der Waals surface area contributed by atoms with E-state index in [4.69, 9.17) is 10.2 Å². The molecule has 0 aromatic rings. The Morgan fingerprint density at radius 2 is 1.70 bits per heavy atom. The topological polar surface area (TPSA) is 98.2 Å². The number of urea groups is 1. The minimum Gasteiger partial charge on any atom is -0.480 e. The van der Waals surface area contributed by atoms with Gasteiger partial charge >= 0.3 is 18.0 Å². The van der Waals surface area contributed by atoms with Crippen molar-refractivity contribution in [2.75, 3.05) is 31.9 Å². The van der Waals surface area contributed by atoms with Crippen molar-refractivity contribution in [3.05, 3.63) is 0 Å². The molecule has 1 fully saturated rings. The molecule has 114 valence electrons. The fourth-order valence-electron chi connectivity index (χ4n) is 1.93. The molecule has 0 unspecified atom stereocenters. The summed E-state index contributed by atoms with van der Waals surface area (Å²) < 4.78 is 0.0689. The van der Waals surface area contributed by atoms with E-state index in [2.05, 4.69) is 13.8 Å². The standard InChI is InChI=1S/C12H20N2O5S/c1-12(2)3-4-13(5-6-20-12)11(19)14(7-9(15)16)8-10(17)18/h3-8H2,1-2H3,(H,15,16)(H,17,18). The van der Waals surface area contributed by atoms with Crippen LogP contribution in [0, 0.1) is 0 Å². The van der Waals surface area contributed by atoms with Crippen molar-refractivity contribution in [1.29, 1.82) is 0 Å². The summed E-state index contributed by atoms with van der Waals surface area (Å²) >= 11 is 1.76. The normalized spacial score (nSPS) is 18.2. The SMILES string of the molecule is CC1(C)CCN(C(=O)N(CC(=O)O)CC(=O)O)CCS1. The number of hydrogen-bond donors (Lipinski definition) is 2. The van der Waals surface area contributed by atoms with Crippen LogP contribution in [0.15, 0.2) is 0 Å². The summed E-state index contributed by atoms with van der Waals surface area (Å²) in [5.41, 5.74) is 0. The van der Waals surface area contributed by atoms with Crippen molar-refractivity contribution < 1.29 is 24.6 Å². The quantitative estimate of drug-likeness (QED) is 0.797. The van der Waals surface area contributed by atoms with E-state index in [1.54, 1.807) is 11.8 Å². The predicted octanol–water partition coefficient (Wildman–Crippen LogP) is 0.795. The number of rotatable bonds is 4. The Balaban J connectivity index is 2.72. The van der Waals surface area contributed by atoms with E-state index in [1.807, 2.05) is 0 Å². The molecule has 1 saturated heterocycles. The summed E-state index contributed by atoms with van der Waals surface area (Å²) in [4.78, 5) is 36.1. The van der Waals surface area contributed by atoms with Gasteiger partial charge < -0.3 is 20.0 Å². The van der Waals surface area contributed by atoms with Crippen LogP contribution >= 0.6 is 11.8 Å². The highest BCUT2D eigenvalue weighted by Gasteiger charge is 2.29. The maximum atomic E-state index is 12.2. The van der Waals surface area contributed by atoms with Crippen LogP contribution in [0.4, 0.5) is 4.79 Å². The van der Waals surface area contributed by atoms with E-state index in [-0.39, 0.29) is 4.75 Å². The maximum Gasteiger partial charge on any atom is 0.323 e. The van der Waals surface area contributed by atoms with Crippen molar-refractivity contribution in [2.24, 2.45) is 0 Å². The molecule has 0 radical (unpaired) electrons. The molecule has 1 rings (SSSR count). The molecule has 0 bridgehead atoms. The zero-order valence-electron chi connectivity index (χ0n) is 11.7. The van der Waals surface area contributed by atoms with Crippen LogP contribution in [0.25, 0.3) is 0 Å². The molecule has 0 aliphatic carbocycles. The Hall–Kier alpha value is -1.44. The number of nitrogens with zero attached hydrogens (tertiary/aromatic N) is 2. The van der Waals surface area contributed by atoms with Crippen LogP contribution in [0.5, 0.6) is 0 Å². The summed E-state index contributed by atoms with van der Waals surface area (Å²) in [5.74, 6) is -1.68. The third-order valence-electron chi connectivity index (χ3n) is 3.03. The maximum absolute atomic E-state index is 12.2. The lowest BCUT2D eigenvalue weighted by Gasteiger charge is -2.28. The molecule has 2 amide bonds. The lowest BCUT2D eigenvalue weighted by Crippen LogP contribution is -2.48. The molecule has 0 aromatic heterocycles. The second-order valence-electron chi connectivity index (χ2n) is 5.27. The molecule has 0 spiro atoms. The number of aliphatic carboxylic acids is 2. The minimum absolute atomic E-state index is 0.0689. The van der Waals surface area contributed by atoms with Crippen molar-refractivity contribution in [3.8, 4) is 0 Å². The lowest BCUT2D eigenvalue weighted by atomic mass is 10.1. The largest absolute Gasteiger partial charge is 0.480 e. The molecule has 20 heavy (non-hydrogen) atoms. The highest BCUT2D eigenvalue weighted by Crippen LogP contribution is 2.30. The first-order valence-corrected chi connectivity index (χ1v) is 7.31. The Morgan fingerprint density at radius 3 is 2.20 bits per heavy atom. The number of carbonyl (C=O) groups is 3. The first-order chi connectivity index (χ1) is 9.21. The molecule has 8 heteroatoms. The Morgan fingerprint density at radius 1 is 1.15 bits per heavy atom. The van der Waals surface area contributed by atoms with Crippen molar-refractivity contribution in [3.63, 3.8) is 0 Å². The van der Waals surface area contributed by atoms with Gasteiger partial charge in [0.2, 0.25) is 0 Å². The molecule has 1 aliphatic heterocycles. The average molecular weight is 304 g/mol. The zero-order valence-corrected chi connectivity index (χ0v) is 12.5. The second-order valence-corrected chi connectivity index (χ2v) is 7.07. The Labute approximate surface area is 121 Å². The van der Waals surface area contributed by atoms with Gasteiger partial charge in [0.05, 0.1) is 0 Å². The predicted molar refractivity (Wildman–Crippen MR) is 75.0 cm³/mol. The molecule has 0 saturated carbocycles. The van der Waals surface area contributed by atoms with Crippen molar-refractivity contribution in [1.82, 2.24) is 9.80 Å². The van der Waals surface area contributed by atoms with Crippen LogP contribution in [0.3, 0.4) is 0 Å². The fraction of sp³-hybridized carbons (Fsp3) is 0.750. The van der Waals surface area contributed by atoms with Gasteiger partial charge in [0, 0.05) is 23.6 Å². The van der Waals surface area contributed by atoms with Gasteiger partial charge in [0.15, 0.2) is 0 Å². The van der Waals surface area contributed by atoms with Gasteiger partial charge in [-0.1, -0.05) is 13.8 Å². The van der Waals surface area contributed by atoms with Crippen LogP contribution in [-0.2, 0) is 9.59 Å². The molecular weight excluding hydrogens is 284 g/mol. The van der Waals surface area contributed by atoms with Crippen molar-refractivity contribution >= 4 is 29.7 Å². The van der Waals surface area contributed by atoms with Crippen LogP contribution in [0.2, 0.25) is 0 Å². The van der Waals surface area contributed by atoms with Gasteiger partial charge in [0.1, 0.15) is 13.1 Å². The van der Waals surface area contributed by atoms with E-state index in [9.17, 15) is 14.4 Å². The van der Waals surface area contributed by atoms with Crippen LogP contribution < -0.4 is 0 Å². The summed E-state index contributed by atoms with van der Waals surface area (Å²) in [6, 6.07) is -0.520. The van der Waals surface area contributed by atoms with Gasteiger partial charge in [-0.05, 0) is 6.42 Å². The number of carboxylic acids is 2. The third-order valence-corrected chi connectivity index (χ3v) is 4.40. The molecule has 2 N–H and O–H groups in total. The number of amides is 2. The average Bonchev–Trinajstić information content (AvgIpc) is 2.47. The summed E-state index contributed by atoms with van der Waals surface area (Å²) in [6.45, 7) is 4.00. The summed E-state index contributed by atoms with van der Waals surface area (Å²) in [5, 5.41) is 17.5. The summed E-state index contributed by atoms with van der Waals surface area (Å²) in [6.07, 6.45) is 0.789. The minimum atomic E-state index is -1.22. The Kier molecular flexibility index (Phi) is 5.67. The van der Waals surface area contributed by atoms with Gasteiger partial charge in [-0.15, -0.1) is 0 Å². The number of carboxylic acid groups (broad SMARTS) is 2.